The van der Waals surface area contributed by atoms with Gasteiger partial charge in [-0.1, -0.05) is 12.1 Å². The summed E-state index contributed by atoms with van der Waals surface area (Å²) in [5.41, 5.74) is 1.64. The normalized spacial score (nSPS) is 17.6. The predicted octanol–water partition coefficient (Wildman–Crippen LogP) is 2.25. The van der Waals surface area contributed by atoms with Crippen molar-refractivity contribution in [2.75, 3.05) is 26.2 Å². The molecule has 1 aromatic heterocycles. The molecule has 1 N–H and O–H groups in total. The van der Waals surface area contributed by atoms with Gasteiger partial charge in [-0.2, -0.15) is 0 Å². The second-order valence-electron chi connectivity index (χ2n) is 5.30. The number of rotatable bonds is 3. The summed E-state index contributed by atoms with van der Waals surface area (Å²) in [5.74, 6) is 0.572. The van der Waals surface area contributed by atoms with E-state index in [1.165, 1.54) is 12.1 Å². The summed E-state index contributed by atoms with van der Waals surface area (Å²) in [5, 5.41) is 3.34. The van der Waals surface area contributed by atoms with Crippen LogP contribution >= 0.6 is 0 Å². The topological polar surface area (TPSA) is 41.1 Å². The molecular formula is C16H19FN4. The molecule has 0 radical (unpaired) electrons. The van der Waals surface area contributed by atoms with Crippen LogP contribution < -0.4 is 5.32 Å². The standard InChI is InChI=1S/C16H19FN4/c1-12(21-7-5-18-6-8-21)16-19-10-14(11-20-16)13-3-2-4-15(17)9-13/h2-4,9-12,18H,5-8H2,1H3. The van der Waals surface area contributed by atoms with Crippen LogP contribution in [0.2, 0.25) is 0 Å². The summed E-state index contributed by atoms with van der Waals surface area (Å²) >= 11 is 0. The van der Waals surface area contributed by atoms with Crippen LogP contribution in [0.5, 0.6) is 0 Å². The van der Waals surface area contributed by atoms with Gasteiger partial charge in [0.1, 0.15) is 11.6 Å². The predicted molar refractivity (Wildman–Crippen MR) is 80.3 cm³/mol. The maximum atomic E-state index is 13.2. The number of halogens is 1. The smallest absolute Gasteiger partial charge is 0.145 e. The average molecular weight is 286 g/mol. The van der Waals surface area contributed by atoms with Gasteiger partial charge in [0.15, 0.2) is 0 Å². The van der Waals surface area contributed by atoms with Crippen LogP contribution in [-0.2, 0) is 0 Å². The lowest BCUT2D eigenvalue weighted by molar-refractivity contribution is 0.179. The van der Waals surface area contributed by atoms with Crippen molar-refractivity contribution < 1.29 is 4.39 Å². The minimum absolute atomic E-state index is 0.202. The van der Waals surface area contributed by atoms with Gasteiger partial charge in [-0.3, -0.25) is 4.90 Å². The second-order valence-corrected chi connectivity index (χ2v) is 5.30. The van der Waals surface area contributed by atoms with Gasteiger partial charge >= 0.3 is 0 Å². The fourth-order valence-corrected chi connectivity index (χ4v) is 2.60. The van der Waals surface area contributed by atoms with E-state index in [0.717, 1.165) is 43.1 Å². The van der Waals surface area contributed by atoms with E-state index in [9.17, 15) is 4.39 Å². The number of hydrogen-bond donors (Lipinski definition) is 1. The van der Waals surface area contributed by atoms with E-state index in [1.807, 2.05) is 6.07 Å². The Hall–Kier alpha value is -1.85. The Morgan fingerprint density at radius 2 is 1.86 bits per heavy atom. The molecule has 1 unspecified atom stereocenters. The molecule has 0 saturated carbocycles. The van der Waals surface area contributed by atoms with E-state index in [1.54, 1.807) is 18.5 Å². The van der Waals surface area contributed by atoms with Crippen LogP contribution in [0, 0.1) is 5.82 Å². The van der Waals surface area contributed by atoms with E-state index in [0.29, 0.717) is 0 Å². The van der Waals surface area contributed by atoms with E-state index in [-0.39, 0.29) is 11.9 Å². The van der Waals surface area contributed by atoms with E-state index >= 15 is 0 Å². The second kappa shape index (κ2) is 6.28. The summed E-state index contributed by atoms with van der Waals surface area (Å²) < 4.78 is 13.2. The summed E-state index contributed by atoms with van der Waals surface area (Å²) in [6.45, 7) is 6.16. The Bertz CT molecular complexity index is 593. The molecule has 1 fully saturated rings. The molecule has 1 atom stereocenters. The Kier molecular flexibility index (Phi) is 4.22. The number of benzene rings is 1. The Labute approximate surface area is 124 Å². The van der Waals surface area contributed by atoms with Crippen molar-refractivity contribution in [2.45, 2.75) is 13.0 Å². The van der Waals surface area contributed by atoms with Crippen molar-refractivity contribution in [3.63, 3.8) is 0 Å². The van der Waals surface area contributed by atoms with Gasteiger partial charge < -0.3 is 5.32 Å². The van der Waals surface area contributed by atoms with Gasteiger partial charge in [0, 0.05) is 44.1 Å². The maximum Gasteiger partial charge on any atom is 0.145 e. The lowest BCUT2D eigenvalue weighted by Gasteiger charge is -2.31. The first kappa shape index (κ1) is 14.1. The first-order valence-corrected chi connectivity index (χ1v) is 7.27. The van der Waals surface area contributed by atoms with Crippen molar-refractivity contribution in [1.82, 2.24) is 20.2 Å². The van der Waals surface area contributed by atoms with Gasteiger partial charge in [-0.25, -0.2) is 14.4 Å². The first-order chi connectivity index (χ1) is 10.2. The fourth-order valence-electron chi connectivity index (χ4n) is 2.60. The zero-order valence-corrected chi connectivity index (χ0v) is 12.1. The van der Waals surface area contributed by atoms with Crippen molar-refractivity contribution >= 4 is 0 Å². The molecule has 1 aliphatic rings. The summed E-state index contributed by atoms with van der Waals surface area (Å²) in [6.07, 6.45) is 3.55. The molecule has 5 heteroatoms. The Balaban J connectivity index is 1.77. The maximum absolute atomic E-state index is 13.2. The van der Waals surface area contributed by atoms with Crippen LogP contribution in [0.15, 0.2) is 36.7 Å². The number of nitrogens with one attached hydrogen (secondary N) is 1. The van der Waals surface area contributed by atoms with Gasteiger partial charge in [0.25, 0.3) is 0 Å². The van der Waals surface area contributed by atoms with E-state index in [2.05, 4.69) is 27.1 Å². The summed E-state index contributed by atoms with van der Waals surface area (Å²) in [4.78, 5) is 11.3. The third-order valence-corrected chi connectivity index (χ3v) is 3.90. The largest absolute Gasteiger partial charge is 0.314 e. The highest BCUT2D eigenvalue weighted by Gasteiger charge is 2.19. The van der Waals surface area contributed by atoms with Crippen LogP contribution in [0.1, 0.15) is 18.8 Å². The number of hydrogen-bond acceptors (Lipinski definition) is 4. The average Bonchev–Trinajstić information content (AvgIpc) is 2.55. The van der Waals surface area contributed by atoms with Crippen molar-refractivity contribution in [3.8, 4) is 11.1 Å². The highest BCUT2D eigenvalue weighted by Crippen LogP contribution is 2.21. The summed E-state index contributed by atoms with van der Waals surface area (Å²) in [7, 11) is 0. The lowest BCUT2D eigenvalue weighted by atomic mass is 10.1. The van der Waals surface area contributed by atoms with E-state index < -0.39 is 0 Å². The van der Waals surface area contributed by atoms with Crippen LogP contribution in [0.3, 0.4) is 0 Å². The summed E-state index contributed by atoms with van der Waals surface area (Å²) in [6, 6.07) is 6.69. The molecule has 2 heterocycles. The Morgan fingerprint density at radius 1 is 1.14 bits per heavy atom. The number of nitrogens with zero attached hydrogens (tertiary/aromatic N) is 3. The molecular weight excluding hydrogens is 267 g/mol. The van der Waals surface area contributed by atoms with Crippen molar-refractivity contribution in [1.29, 1.82) is 0 Å². The molecule has 4 nitrogen and oxygen atoms in total. The minimum Gasteiger partial charge on any atom is -0.314 e. The zero-order chi connectivity index (χ0) is 14.7. The third-order valence-electron chi connectivity index (χ3n) is 3.90. The molecule has 1 saturated heterocycles. The molecule has 0 bridgehead atoms. The van der Waals surface area contributed by atoms with Crippen LogP contribution in [0.25, 0.3) is 11.1 Å². The highest BCUT2D eigenvalue weighted by molar-refractivity contribution is 5.61. The number of piperazine rings is 1. The highest BCUT2D eigenvalue weighted by atomic mass is 19.1. The lowest BCUT2D eigenvalue weighted by Crippen LogP contribution is -2.44. The van der Waals surface area contributed by atoms with Gasteiger partial charge in [-0.05, 0) is 24.6 Å². The van der Waals surface area contributed by atoms with E-state index in [4.69, 9.17) is 0 Å². The van der Waals surface area contributed by atoms with Gasteiger partial charge in [0.05, 0.1) is 6.04 Å². The SMILES string of the molecule is CC(c1ncc(-c2cccc(F)c2)cn1)N1CCNCC1. The van der Waals surface area contributed by atoms with Crippen molar-refractivity contribution in [3.05, 3.63) is 48.3 Å². The third kappa shape index (κ3) is 3.25. The van der Waals surface area contributed by atoms with Crippen LogP contribution in [0.4, 0.5) is 4.39 Å². The van der Waals surface area contributed by atoms with Crippen LogP contribution in [-0.4, -0.2) is 41.0 Å². The molecule has 0 aliphatic carbocycles. The number of aromatic nitrogens is 2. The molecule has 110 valence electrons. The monoisotopic (exact) mass is 286 g/mol. The Morgan fingerprint density at radius 3 is 2.52 bits per heavy atom. The quantitative estimate of drug-likeness (QED) is 0.939. The first-order valence-electron chi connectivity index (χ1n) is 7.27. The minimum atomic E-state index is -0.245. The molecule has 1 aromatic carbocycles. The van der Waals surface area contributed by atoms with Gasteiger partial charge in [-0.15, -0.1) is 0 Å². The van der Waals surface area contributed by atoms with Gasteiger partial charge in [0.2, 0.25) is 0 Å². The molecule has 21 heavy (non-hydrogen) atoms. The zero-order valence-electron chi connectivity index (χ0n) is 12.1. The molecule has 0 amide bonds. The van der Waals surface area contributed by atoms with Crippen molar-refractivity contribution in [2.24, 2.45) is 0 Å². The molecule has 1 aliphatic heterocycles. The molecule has 0 spiro atoms. The molecule has 2 aromatic rings. The molecule has 3 rings (SSSR count). The fraction of sp³-hybridized carbons (Fsp3) is 0.375.